The second-order valence-electron chi connectivity index (χ2n) is 5.54. The quantitative estimate of drug-likeness (QED) is 0.690. The van der Waals surface area contributed by atoms with Gasteiger partial charge in [-0.15, -0.1) is 0 Å². The van der Waals surface area contributed by atoms with Crippen LogP contribution in [0, 0.1) is 11.3 Å². The van der Waals surface area contributed by atoms with Crippen molar-refractivity contribution in [1.29, 1.82) is 0 Å². The maximum absolute atomic E-state index is 11.9. The van der Waals surface area contributed by atoms with Crippen LogP contribution in [0.3, 0.4) is 0 Å². The Labute approximate surface area is 118 Å². The SMILES string of the molecule is CNCCS(=O)(=O)NC(=O)C(C)(C)CC(=O)C(C)C.[HH].[HH]. The summed E-state index contributed by atoms with van der Waals surface area (Å²) in [6.45, 7) is 6.89. The fraction of sp³-hybridized carbons (Fsp3) is 0.833. The maximum atomic E-state index is 11.9. The Balaban J connectivity index is -0.00000162. The van der Waals surface area contributed by atoms with Gasteiger partial charge in [-0.05, 0) is 7.05 Å². The van der Waals surface area contributed by atoms with E-state index >= 15 is 0 Å². The number of nitrogens with one attached hydrogen (secondary N) is 2. The summed E-state index contributed by atoms with van der Waals surface area (Å²) in [4.78, 5) is 23.6. The Bertz CT molecular complexity index is 437. The summed E-state index contributed by atoms with van der Waals surface area (Å²) in [7, 11) is -2.03. The van der Waals surface area contributed by atoms with Crippen molar-refractivity contribution in [3.8, 4) is 0 Å². The smallest absolute Gasteiger partial charge is 0.239 e. The Kier molecular flexibility index (Phi) is 6.65. The molecule has 116 valence electrons. The van der Waals surface area contributed by atoms with Crippen LogP contribution < -0.4 is 10.0 Å². The van der Waals surface area contributed by atoms with Crippen LogP contribution in [-0.2, 0) is 19.6 Å². The molecule has 0 aliphatic rings. The molecule has 0 rings (SSSR count). The number of ketones is 1. The number of carbonyl (C=O) groups is 2. The molecule has 1 amide bonds. The largest absolute Gasteiger partial charge is 0.319 e. The third-order valence-electron chi connectivity index (χ3n) is 2.74. The number of hydrogen-bond donors (Lipinski definition) is 2. The van der Waals surface area contributed by atoms with Gasteiger partial charge >= 0.3 is 0 Å². The predicted octanol–water partition coefficient (Wildman–Crippen LogP) is 0.785. The number of rotatable bonds is 8. The zero-order valence-corrected chi connectivity index (χ0v) is 13.1. The van der Waals surface area contributed by atoms with Gasteiger partial charge in [-0.25, -0.2) is 8.42 Å². The summed E-state index contributed by atoms with van der Waals surface area (Å²) in [5, 5.41) is 2.70. The van der Waals surface area contributed by atoms with Gasteiger partial charge in [-0.2, -0.15) is 0 Å². The van der Waals surface area contributed by atoms with Gasteiger partial charge in [0, 0.05) is 21.7 Å². The lowest BCUT2D eigenvalue weighted by Gasteiger charge is -2.23. The summed E-state index contributed by atoms with van der Waals surface area (Å²) < 4.78 is 25.2. The average Bonchev–Trinajstić information content (AvgIpc) is 2.25. The molecule has 0 saturated carbocycles. The Morgan fingerprint density at radius 3 is 2.21 bits per heavy atom. The number of sulfonamides is 1. The summed E-state index contributed by atoms with van der Waals surface area (Å²) in [6.07, 6.45) is 0.0258. The van der Waals surface area contributed by atoms with Gasteiger partial charge in [-0.3, -0.25) is 14.3 Å². The maximum Gasteiger partial charge on any atom is 0.239 e. The molecule has 19 heavy (non-hydrogen) atoms. The van der Waals surface area contributed by atoms with E-state index in [4.69, 9.17) is 0 Å². The molecule has 0 aromatic heterocycles. The minimum atomic E-state index is -3.66. The van der Waals surface area contributed by atoms with Crippen LogP contribution in [0.15, 0.2) is 0 Å². The highest BCUT2D eigenvalue weighted by atomic mass is 32.2. The van der Waals surface area contributed by atoms with Crippen LogP contribution in [0.4, 0.5) is 0 Å². The van der Waals surface area contributed by atoms with Crippen LogP contribution in [-0.4, -0.2) is 39.5 Å². The average molecular weight is 296 g/mol. The predicted molar refractivity (Wildman–Crippen MR) is 78.3 cm³/mol. The van der Waals surface area contributed by atoms with E-state index < -0.39 is 21.3 Å². The zero-order valence-electron chi connectivity index (χ0n) is 12.2. The second-order valence-corrected chi connectivity index (χ2v) is 7.38. The molecule has 0 bridgehead atoms. The fourth-order valence-electron chi connectivity index (χ4n) is 1.29. The molecule has 0 aliphatic heterocycles. The Hall–Kier alpha value is -0.950. The van der Waals surface area contributed by atoms with Gasteiger partial charge in [0.25, 0.3) is 0 Å². The van der Waals surface area contributed by atoms with E-state index in [0.29, 0.717) is 0 Å². The topological polar surface area (TPSA) is 92.3 Å². The molecule has 2 N–H and O–H groups in total. The number of Topliss-reactive ketones (excluding diaryl/α,β-unsaturated/α-hetero) is 1. The van der Waals surface area contributed by atoms with Crippen LogP contribution in [0.1, 0.15) is 37.0 Å². The van der Waals surface area contributed by atoms with E-state index in [1.807, 2.05) is 4.72 Å². The van der Waals surface area contributed by atoms with E-state index in [-0.39, 0.29) is 33.3 Å². The molecule has 0 aromatic rings. The van der Waals surface area contributed by atoms with Crippen molar-refractivity contribution in [1.82, 2.24) is 10.0 Å². The molecule has 0 spiro atoms. The second kappa shape index (κ2) is 7.00. The summed E-state index contributed by atoms with van der Waals surface area (Å²) in [5.74, 6) is -1.05. The van der Waals surface area contributed by atoms with Gasteiger partial charge in [-0.1, -0.05) is 27.7 Å². The van der Waals surface area contributed by atoms with Crippen molar-refractivity contribution in [2.24, 2.45) is 11.3 Å². The van der Waals surface area contributed by atoms with E-state index in [9.17, 15) is 18.0 Å². The van der Waals surface area contributed by atoms with Crippen LogP contribution in [0.2, 0.25) is 0 Å². The third kappa shape index (κ3) is 6.68. The highest BCUT2D eigenvalue weighted by molar-refractivity contribution is 7.90. The van der Waals surface area contributed by atoms with Gasteiger partial charge in [0.1, 0.15) is 5.78 Å². The number of carbonyl (C=O) groups excluding carboxylic acids is 2. The number of amides is 1. The van der Waals surface area contributed by atoms with Crippen molar-refractivity contribution >= 4 is 21.7 Å². The summed E-state index contributed by atoms with van der Waals surface area (Å²) >= 11 is 0. The lowest BCUT2D eigenvalue weighted by Crippen LogP contribution is -2.43. The minimum absolute atomic E-state index is 0. The van der Waals surface area contributed by atoms with Crippen LogP contribution in [0.25, 0.3) is 0 Å². The molecule has 0 unspecified atom stereocenters. The van der Waals surface area contributed by atoms with Gasteiger partial charge < -0.3 is 5.32 Å². The van der Waals surface area contributed by atoms with E-state index in [1.54, 1.807) is 34.7 Å². The highest BCUT2D eigenvalue weighted by Crippen LogP contribution is 2.23. The Morgan fingerprint density at radius 2 is 1.79 bits per heavy atom. The minimum Gasteiger partial charge on any atom is -0.319 e. The van der Waals surface area contributed by atoms with Crippen LogP contribution >= 0.6 is 0 Å². The van der Waals surface area contributed by atoms with Crippen molar-refractivity contribution in [2.45, 2.75) is 34.1 Å². The standard InChI is InChI=1S/C12H24N2O4S.2H2/c1-9(2)10(15)8-12(3,4)11(16)14-19(17,18)7-6-13-5;;/h9,13H,6-8H2,1-5H3,(H,14,16);2*1H. The van der Waals surface area contributed by atoms with E-state index in [1.165, 1.54) is 0 Å². The first-order chi connectivity index (χ1) is 8.52. The van der Waals surface area contributed by atoms with Crippen molar-refractivity contribution in [3.05, 3.63) is 0 Å². The molecule has 7 heteroatoms. The molecule has 0 saturated heterocycles. The molecule has 0 heterocycles. The molecule has 0 atom stereocenters. The van der Waals surface area contributed by atoms with Gasteiger partial charge in [0.15, 0.2) is 0 Å². The van der Waals surface area contributed by atoms with E-state index in [0.717, 1.165) is 0 Å². The zero-order chi connectivity index (χ0) is 15.3. The summed E-state index contributed by atoms with van der Waals surface area (Å²) in [6, 6.07) is 0. The number of hydrogen-bond acceptors (Lipinski definition) is 5. The van der Waals surface area contributed by atoms with Crippen molar-refractivity contribution in [3.63, 3.8) is 0 Å². The highest BCUT2D eigenvalue weighted by Gasteiger charge is 2.33. The molecule has 0 aromatic carbocycles. The van der Waals surface area contributed by atoms with E-state index in [2.05, 4.69) is 5.32 Å². The first-order valence-electron chi connectivity index (χ1n) is 6.24. The monoisotopic (exact) mass is 296 g/mol. The lowest BCUT2D eigenvalue weighted by atomic mass is 9.84. The lowest BCUT2D eigenvalue weighted by molar-refractivity contribution is -0.133. The molecule has 0 radical (unpaired) electrons. The summed E-state index contributed by atoms with van der Waals surface area (Å²) in [5.41, 5.74) is -1.03. The molecular formula is C12H28N2O4S. The van der Waals surface area contributed by atoms with Gasteiger partial charge in [0.2, 0.25) is 15.9 Å². The molecule has 0 fully saturated rings. The van der Waals surface area contributed by atoms with Crippen LogP contribution in [0.5, 0.6) is 0 Å². The fourth-order valence-corrected chi connectivity index (χ4v) is 2.42. The molecular weight excluding hydrogens is 268 g/mol. The first kappa shape index (κ1) is 18.0. The first-order valence-corrected chi connectivity index (χ1v) is 7.89. The van der Waals surface area contributed by atoms with Crippen molar-refractivity contribution in [2.75, 3.05) is 19.3 Å². The third-order valence-corrected chi connectivity index (χ3v) is 3.98. The normalized spacial score (nSPS) is 12.5. The van der Waals surface area contributed by atoms with Crippen molar-refractivity contribution < 1.29 is 20.9 Å². The molecule has 0 aliphatic carbocycles. The Morgan fingerprint density at radius 1 is 1.26 bits per heavy atom. The molecule has 6 nitrogen and oxygen atoms in total. The van der Waals surface area contributed by atoms with Gasteiger partial charge in [0.05, 0.1) is 11.2 Å².